The third-order valence-electron chi connectivity index (χ3n) is 3.89. The molecule has 0 fully saturated rings. The molecule has 0 aliphatic carbocycles. The van der Waals surface area contributed by atoms with Gasteiger partial charge in [-0.15, -0.1) is 0 Å². The molecule has 2 aromatic heterocycles. The predicted octanol–water partition coefficient (Wildman–Crippen LogP) is 3.67. The third-order valence-corrected chi connectivity index (χ3v) is 3.89. The van der Waals surface area contributed by atoms with Crippen molar-refractivity contribution in [2.24, 2.45) is 0 Å². The van der Waals surface area contributed by atoms with Gasteiger partial charge in [-0.2, -0.15) is 0 Å². The monoisotopic (exact) mass is 347 g/mol. The molecule has 0 saturated heterocycles. The number of hydrogen-bond donors (Lipinski definition) is 2. The van der Waals surface area contributed by atoms with Gasteiger partial charge in [0.1, 0.15) is 11.5 Å². The summed E-state index contributed by atoms with van der Waals surface area (Å²) in [6.45, 7) is 4.67. The van der Waals surface area contributed by atoms with Crippen molar-refractivity contribution in [2.75, 3.05) is 5.32 Å². The predicted molar refractivity (Wildman–Crippen MR) is 101 cm³/mol. The molecule has 0 saturated carbocycles. The van der Waals surface area contributed by atoms with E-state index >= 15 is 0 Å². The third kappa shape index (κ3) is 4.63. The van der Waals surface area contributed by atoms with Crippen molar-refractivity contribution in [3.63, 3.8) is 0 Å². The molecular formula is C20H21N5O. The van der Waals surface area contributed by atoms with Gasteiger partial charge in [-0.3, -0.25) is 9.78 Å². The molecule has 3 aromatic rings. The highest BCUT2D eigenvalue weighted by molar-refractivity contribution is 5.91. The second-order valence-corrected chi connectivity index (χ2v) is 6.19. The van der Waals surface area contributed by atoms with E-state index in [1.54, 1.807) is 12.4 Å². The maximum atomic E-state index is 12.1. The Labute approximate surface area is 152 Å². The average molecular weight is 347 g/mol. The molecule has 0 aliphatic heterocycles. The first-order valence-electron chi connectivity index (χ1n) is 8.49. The van der Waals surface area contributed by atoms with E-state index in [2.05, 4.69) is 51.6 Å². The van der Waals surface area contributed by atoms with Gasteiger partial charge in [-0.25, -0.2) is 9.97 Å². The fourth-order valence-corrected chi connectivity index (χ4v) is 2.37. The van der Waals surface area contributed by atoms with Gasteiger partial charge < -0.3 is 10.6 Å². The highest BCUT2D eigenvalue weighted by Gasteiger charge is 2.08. The van der Waals surface area contributed by atoms with Crippen molar-refractivity contribution >= 4 is 17.4 Å². The summed E-state index contributed by atoms with van der Waals surface area (Å²) in [5.41, 5.74) is 3.26. The maximum absolute atomic E-state index is 12.1. The van der Waals surface area contributed by atoms with Crippen LogP contribution in [-0.2, 0) is 6.54 Å². The number of nitrogens with one attached hydrogen (secondary N) is 2. The first-order chi connectivity index (χ1) is 12.6. The van der Waals surface area contributed by atoms with Crippen molar-refractivity contribution in [1.29, 1.82) is 0 Å². The molecule has 0 unspecified atom stereocenters. The first kappa shape index (κ1) is 17.5. The molecule has 6 heteroatoms. The van der Waals surface area contributed by atoms with Gasteiger partial charge in [0.25, 0.3) is 5.91 Å². The lowest BCUT2D eigenvalue weighted by Crippen LogP contribution is -2.24. The van der Waals surface area contributed by atoms with Gasteiger partial charge in [0, 0.05) is 11.9 Å². The Bertz CT molecular complexity index is 846. The summed E-state index contributed by atoms with van der Waals surface area (Å²) < 4.78 is 0. The molecule has 132 valence electrons. The summed E-state index contributed by atoms with van der Waals surface area (Å²) in [4.78, 5) is 24.7. The summed E-state index contributed by atoms with van der Waals surface area (Å²) in [5.74, 6) is 0.798. The fraction of sp³-hybridized carbons (Fsp3) is 0.200. The van der Waals surface area contributed by atoms with Crippen LogP contribution in [0.4, 0.5) is 11.5 Å². The standard InChI is InChI=1S/C20H21N5O/c1-14(2)15-6-8-16(9-7-15)25-19-13-22-18(12-23-19)20(26)24-11-17-5-3-4-10-21-17/h3-10,12-14H,11H2,1-2H3,(H,23,25)(H,24,26). The van der Waals surface area contributed by atoms with Gasteiger partial charge in [-0.1, -0.05) is 32.0 Å². The normalized spacial score (nSPS) is 10.6. The number of amides is 1. The van der Waals surface area contributed by atoms with Crippen LogP contribution < -0.4 is 10.6 Å². The Balaban J connectivity index is 1.58. The van der Waals surface area contributed by atoms with Crippen LogP contribution in [0, 0.1) is 0 Å². The second-order valence-electron chi connectivity index (χ2n) is 6.19. The lowest BCUT2D eigenvalue weighted by atomic mass is 10.0. The van der Waals surface area contributed by atoms with Crippen LogP contribution in [0.3, 0.4) is 0 Å². The number of anilines is 2. The number of aromatic nitrogens is 3. The van der Waals surface area contributed by atoms with E-state index in [9.17, 15) is 4.79 Å². The summed E-state index contributed by atoms with van der Waals surface area (Å²) in [5, 5.41) is 5.96. The molecule has 0 bridgehead atoms. The molecule has 2 heterocycles. The second kappa shape index (κ2) is 8.20. The number of rotatable bonds is 6. The number of nitrogens with zero attached hydrogens (tertiary/aromatic N) is 3. The summed E-state index contributed by atoms with van der Waals surface area (Å²) in [7, 11) is 0. The van der Waals surface area contributed by atoms with E-state index in [4.69, 9.17) is 0 Å². The maximum Gasteiger partial charge on any atom is 0.271 e. The minimum Gasteiger partial charge on any atom is -0.345 e. The zero-order valence-corrected chi connectivity index (χ0v) is 14.8. The van der Waals surface area contributed by atoms with Gasteiger partial charge >= 0.3 is 0 Å². The Kier molecular flexibility index (Phi) is 5.53. The Morgan fingerprint density at radius 2 is 1.81 bits per heavy atom. The zero-order valence-electron chi connectivity index (χ0n) is 14.8. The highest BCUT2D eigenvalue weighted by Crippen LogP contribution is 2.19. The molecule has 6 nitrogen and oxygen atoms in total. The van der Waals surface area contributed by atoms with E-state index in [1.807, 2.05) is 30.3 Å². The van der Waals surface area contributed by atoms with E-state index in [1.165, 1.54) is 11.8 Å². The van der Waals surface area contributed by atoms with Gasteiger partial charge in [-0.05, 0) is 35.7 Å². The number of carbonyl (C=O) groups is 1. The Morgan fingerprint density at radius 1 is 1.00 bits per heavy atom. The molecule has 0 aliphatic rings. The van der Waals surface area contributed by atoms with Crippen LogP contribution in [0.15, 0.2) is 61.1 Å². The number of pyridine rings is 1. The lowest BCUT2D eigenvalue weighted by molar-refractivity contribution is 0.0945. The van der Waals surface area contributed by atoms with Gasteiger partial charge in [0.2, 0.25) is 0 Å². The number of carbonyl (C=O) groups excluding carboxylic acids is 1. The van der Waals surface area contributed by atoms with Crippen molar-refractivity contribution in [3.05, 3.63) is 78.0 Å². The molecule has 26 heavy (non-hydrogen) atoms. The van der Waals surface area contributed by atoms with E-state index in [-0.39, 0.29) is 11.6 Å². The summed E-state index contributed by atoms with van der Waals surface area (Å²) in [6, 6.07) is 13.7. The Hall–Kier alpha value is -3.28. The molecule has 3 rings (SSSR count). The molecular weight excluding hydrogens is 326 g/mol. The molecule has 0 atom stereocenters. The summed E-state index contributed by atoms with van der Waals surface area (Å²) >= 11 is 0. The van der Waals surface area contributed by atoms with Crippen LogP contribution in [0.25, 0.3) is 0 Å². The average Bonchev–Trinajstić information content (AvgIpc) is 2.68. The minimum atomic E-state index is -0.281. The first-order valence-corrected chi connectivity index (χ1v) is 8.49. The van der Waals surface area contributed by atoms with Crippen molar-refractivity contribution in [3.8, 4) is 0 Å². The molecule has 2 N–H and O–H groups in total. The topological polar surface area (TPSA) is 79.8 Å². The molecule has 1 amide bonds. The largest absolute Gasteiger partial charge is 0.345 e. The minimum absolute atomic E-state index is 0.265. The van der Waals surface area contributed by atoms with Crippen LogP contribution in [-0.4, -0.2) is 20.9 Å². The molecule has 0 spiro atoms. The molecule has 0 radical (unpaired) electrons. The van der Waals surface area contributed by atoms with E-state index in [0.29, 0.717) is 18.3 Å². The Morgan fingerprint density at radius 3 is 2.42 bits per heavy atom. The lowest BCUT2D eigenvalue weighted by Gasteiger charge is -2.09. The summed E-state index contributed by atoms with van der Waals surface area (Å²) in [6.07, 6.45) is 4.69. The van der Waals surface area contributed by atoms with Crippen molar-refractivity contribution in [1.82, 2.24) is 20.3 Å². The zero-order chi connectivity index (χ0) is 18.4. The quantitative estimate of drug-likeness (QED) is 0.711. The highest BCUT2D eigenvalue weighted by atomic mass is 16.1. The van der Waals surface area contributed by atoms with E-state index < -0.39 is 0 Å². The smallest absolute Gasteiger partial charge is 0.271 e. The number of hydrogen-bond acceptors (Lipinski definition) is 5. The van der Waals surface area contributed by atoms with E-state index in [0.717, 1.165) is 11.4 Å². The van der Waals surface area contributed by atoms with Crippen LogP contribution in [0.1, 0.15) is 41.5 Å². The van der Waals surface area contributed by atoms with Crippen molar-refractivity contribution in [2.45, 2.75) is 26.3 Å². The van der Waals surface area contributed by atoms with Crippen LogP contribution >= 0.6 is 0 Å². The molecule has 1 aromatic carbocycles. The number of benzene rings is 1. The van der Waals surface area contributed by atoms with Crippen molar-refractivity contribution < 1.29 is 4.79 Å². The van der Waals surface area contributed by atoms with Crippen LogP contribution in [0.2, 0.25) is 0 Å². The van der Waals surface area contributed by atoms with Crippen LogP contribution in [0.5, 0.6) is 0 Å². The van der Waals surface area contributed by atoms with Gasteiger partial charge in [0.05, 0.1) is 24.6 Å². The van der Waals surface area contributed by atoms with Gasteiger partial charge in [0.15, 0.2) is 0 Å². The SMILES string of the molecule is CC(C)c1ccc(Nc2cnc(C(=O)NCc3ccccn3)cn2)cc1. The fourth-order valence-electron chi connectivity index (χ4n) is 2.37.